The summed E-state index contributed by atoms with van der Waals surface area (Å²) in [5.41, 5.74) is 4.04. The van der Waals surface area contributed by atoms with E-state index in [2.05, 4.69) is 31.0 Å². The minimum absolute atomic E-state index is 0.0544. The molecule has 0 bridgehead atoms. The van der Waals surface area contributed by atoms with Crippen LogP contribution >= 0.6 is 0 Å². The van der Waals surface area contributed by atoms with E-state index in [1.165, 1.54) is 0 Å². The summed E-state index contributed by atoms with van der Waals surface area (Å²) in [6.07, 6.45) is 4.50. The second kappa shape index (κ2) is 15.1. The molecule has 1 unspecified atom stereocenters. The van der Waals surface area contributed by atoms with Crippen LogP contribution in [-0.2, 0) is 14.3 Å². The third kappa shape index (κ3) is 8.20. The molecule has 1 saturated heterocycles. The Bertz CT molecular complexity index is 1850. The monoisotopic (exact) mass is 682 g/mol. The summed E-state index contributed by atoms with van der Waals surface area (Å²) in [7, 11) is 1.65. The van der Waals surface area contributed by atoms with E-state index in [9.17, 15) is 9.90 Å². The van der Waals surface area contributed by atoms with Gasteiger partial charge in [-0.2, -0.15) is 9.61 Å². The summed E-state index contributed by atoms with van der Waals surface area (Å²) >= 11 is 0. The fourth-order valence-electron chi connectivity index (χ4n) is 6.36. The predicted molar refractivity (Wildman–Crippen MR) is 197 cm³/mol. The van der Waals surface area contributed by atoms with Crippen LogP contribution in [0.4, 0.5) is 5.82 Å². The molecule has 3 heterocycles. The minimum atomic E-state index is -1.25. The van der Waals surface area contributed by atoms with Crippen LogP contribution in [0.1, 0.15) is 71.2 Å². The first kappa shape index (κ1) is 36.6. The number of aryl methyl sites for hydroxylation is 1. The van der Waals surface area contributed by atoms with Crippen molar-refractivity contribution in [2.24, 2.45) is 0 Å². The Hall–Kier alpha value is -4.67. The number of rotatable bonds is 14. The van der Waals surface area contributed by atoms with E-state index in [1.54, 1.807) is 17.7 Å². The highest BCUT2D eigenvalue weighted by molar-refractivity contribution is 5.80. The Balaban J connectivity index is 1.63. The zero-order valence-electron chi connectivity index (χ0n) is 30.4. The maximum Gasteiger partial charge on any atom is 0.337 e. The molecule has 1 aliphatic heterocycles. The average Bonchev–Trinajstić information content (AvgIpc) is 3.50. The van der Waals surface area contributed by atoms with E-state index in [1.807, 2.05) is 83.2 Å². The van der Waals surface area contributed by atoms with Gasteiger partial charge in [-0.1, -0.05) is 30.4 Å². The number of anilines is 1. The van der Waals surface area contributed by atoms with Crippen LogP contribution in [-0.4, -0.2) is 69.8 Å². The average molecular weight is 683 g/mol. The van der Waals surface area contributed by atoms with Crippen LogP contribution in [0.15, 0.2) is 73.8 Å². The summed E-state index contributed by atoms with van der Waals surface area (Å²) in [6.45, 7) is 20.9. The minimum Gasteiger partial charge on any atom is -0.497 e. The third-order valence-electron chi connectivity index (χ3n) is 8.92. The molecule has 5 rings (SSSR count). The molecule has 0 radical (unpaired) electrons. The number of benzene rings is 2. The lowest BCUT2D eigenvalue weighted by molar-refractivity contribution is -0.160. The quantitative estimate of drug-likeness (QED) is 0.132. The lowest BCUT2D eigenvalue weighted by atomic mass is 9.92. The number of hydrogen-bond acceptors (Lipinski definition) is 8. The van der Waals surface area contributed by atoms with Crippen molar-refractivity contribution in [2.45, 2.75) is 84.2 Å². The Labute approximate surface area is 295 Å². The highest BCUT2D eigenvalue weighted by atomic mass is 16.5. The Morgan fingerprint density at radius 3 is 2.44 bits per heavy atom. The van der Waals surface area contributed by atoms with Gasteiger partial charge in [0.2, 0.25) is 0 Å². The number of hydrogen-bond donors (Lipinski definition) is 1. The summed E-state index contributed by atoms with van der Waals surface area (Å²) in [6, 6.07) is 15.8. The number of carbonyl (C=O) groups is 1. The molecule has 50 heavy (non-hydrogen) atoms. The Morgan fingerprint density at radius 2 is 1.80 bits per heavy atom. The Morgan fingerprint density at radius 1 is 1.08 bits per heavy atom. The fraction of sp³-hybridized carbons (Fsp3) is 0.425. The number of piperidine rings is 1. The molecule has 1 aliphatic rings. The molecule has 2 aromatic carbocycles. The first-order valence-electron chi connectivity index (χ1n) is 17.1. The van der Waals surface area contributed by atoms with E-state index < -0.39 is 17.7 Å². The molecule has 2 atom stereocenters. The van der Waals surface area contributed by atoms with E-state index in [0.717, 1.165) is 41.0 Å². The molecular formula is C40H50N4O6. The normalized spacial score (nSPS) is 15.8. The fourth-order valence-corrected chi connectivity index (χ4v) is 6.36. The zero-order chi connectivity index (χ0) is 36.2. The number of carboxylic acid groups (broad SMARTS) is 1. The van der Waals surface area contributed by atoms with Crippen LogP contribution in [0, 0.1) is 6.92 Å². The van der Waals surface area contributed by atoms with Crippen molar-refractivity contribution in [1.29, 1.82) is 0 Å². The lowest BCUT2D eigenvalue weighted by Gasteiger charge is -2.41. The van der Waals surface area contributed by atoms with Crippen molar-refractivity contribution in [2.75, 3.05) is 31.7 Å². The number of aromatic nitrogens is 3. The summed E-state index contributed by atoms with van der Waals surface area (Å²) in [4.78, 5) is 19.9. The van der Waals surface area contributed by atoms with Crippen LogP contribution in [0.5, 0.6) is 11.5 Å². The zero-order valence-corrected chi connectivity index (χ0v) is 30.4. The first-order valence-corrected chi connectivity index (χ1v) is 17.1. The maximum absolute atomic E-state index is 12.8. The number of carboxylic acids is 1. The van der Waals surface area contributed by atoms with Crippen molar-refractivity contribution < 1.29 is 28.8 Å². The molecule has 0 saturated carbocycles. The second-order valence-electron chi connectivity index (χ2n) is 14.1. The molecule has 2 aromatic heterocycles. The van der Waals surface area contributed by atoms with Crippen LogP contribution in [0.25, 0.3) is 28.0 Å². The second-order valence-corrected chi connectivity index (χ2v) is 14.1. The lowest BCUT2D eigenvalue weighted by Crippen LogP contribution is -2.45. The molecule has 0 aliphatic carbocycles. The number of nitrogens with zero attached hydrogens (tertiary/aromatic N) is 4. The number of fused-ring (bicyclic) bond motifs is 1. The van der Waals surface area contributed by atoms with Crippen molar-refractivity contribution in [1.82, 2.24) is 14.6 Å². The van der Waals surface area contributed by atoms with Crippen LogP contribution < -0.4 is 14.4 Å². The molecule has 0 amide bonds. The van der Waals surface area contributed by atoms with Crippen molar-refractivity contribution >= 4 is 17.4 Å². The van der Waals surface area contributed by atoms with Gasteiger partial charge < -0.3 is 29.0 Å². The van der Waals surface area contributed by atoms with Gasteiger partial charge in [-0.25, -0.2) is 9.78 Å². The molecule has 1 fully saturated rings. The topological polar surface area (TPSA) is 108 Å². The molecule has 10 heteroatoms. The molecule has 0 spiro atoms. The predicted octanol–water partition coefficient (Wildman–Crippen LogP) is 8.23. The highest BCUT2D eigenvalue weighted by Gasteiger charge is 2.37. The van der Waals surface area contributed by atoms with E-state index in [-0.39, 0.29) is 11.7 Å². The number of ether oxygens (including phenoxy) is 4. The van der Waals surface area contributed by atoms with Crippen LogP contribution in [0.3, 0.4) is 0 Å². The van der Waals surface area contributed by atoms with Gasteiger partial charge in [0.05, 0.1) is 42.3 Å². The van der Waals surface area contributed by atoms with Crippen molar-refractivity contribution in [3.05, 3.63) is 85.1 Å². The smallest absolute Gasteiger partial charge is 0.337 e. The Kier molecular flexibility index (Phi) is 11.0. The van der Waals surface area contributed by atoms with Gasteiger partial charge >= 0.3 is 5.97 Å². The summed E-state index contributed by atoms with van der Waals surface area (Å²) < 4.78 is 26.0. The van der Waals surface area contributed by atoms with Gasteiger partial charge in [-0.3, -0.25) is 0 Å². The van der Waals surface area contributed by atoms with Crippen molar-refractivity contribution in [3.63, 3.8) is 0 Å². The van der Waals surface area contributed by atoms with Crippen LogP contribution in [0.2, 0.25) is 0 Å². The van der Waals surface area contributed by atoms with Gasteiger partial charge in [0, 0.05) is 42.4 Å². The molecular weight excluding hydrogens is 632 g/mol. The van der Waals surface area contributed by atoms with Gasteiger partial charge in [0.1, 0.15) is 17.3 Å². The maximum atomic E-state index is 12.8. The third-order valence-corrected chi connectivity index (χ3v) is 8.92. The molecule has 1 N–H and O–H groups in total. The SMILES string of the molecule is C=CCOC1(C)CCN(c2c(C(OC(C)(C)C)C(=O)O)c(C)nc3cc(-c4cccc(-c5cc(OC)ccc5O[C@@H](C)CC=C)c4)nn23)CC1. The largest absolute Gasteiger partial charge is 0.497 e. The highest BCUT2D eigenvalue weighted by Crippen LogP contribution is 2.40. The molecule has 4 aromatic rings. The molecule has 266 valence electrons. The van der Waals surface area contributed by atoms with E-state index in [4.69, 9.17) is 29.0 Å². The van der Waals surface area contributed by atoms with Crippen molar-refractivity contribution in [3.8, 4) is 33.9 Å². The molecule has 10 nitrogen and oxygen atoms in total. The van der Waals surface area contributed by atoms with E-state index in [0.29, 0.717) is 54.5 Å². The van der Waals surface area contributed by atoms with Gasteiger partial charge in [-0.05, 0) is 84.2 Å². The van der Waals surface area contributed by atoms with Gasteiger partial charge in [0.15, 0.2) is 11.8 Å². The number of methoxy groups -OCH3 is 1. The first-order chi connectivity index (χ1) is 23.8. The van der Waals surface area contributed by atoms with Gasteiger partial charge in [0.25, 0.3) is 0 Å². The summed E-state index contributed by atoms with van der Waals surface area (Å²) in [5.74, 6) is 1.04. The van der Waals surface area contributed by atoms with Gasteiger partial charge in [-0.15, -0.1) is 13.2 Å². The number of aliphatic carboxylic acids is 1. The standard InChI is InChI=1S/C40H50N4O6/c1-10-13-26(3)49-33-17-16-30(47-9)24-31(33)28-14-12-15-29(23-28)32-25-34-41-27(4)35(36(38(45)46)50-39(5,6)7)37(44(34)42-32)43-20-18-40(8,19-21-43)48-22-11-2/h10-12,14-17,23-26,36H,1-2,13,18-22H2,3-9H3,(H,45,46)/t26-,36?/m0/s1. The summed E-state index contributed by atoms with van der Waals surface area (Å²) in [5, 5.41) is 15.6. The van der Waals surface area contributed by atoms with E-state index >= 15 is 0 Å².